The van der Waals surface area contributed by atoms with Crippen LogP contribution in [-0.4, -0.2) is 98.0 Å². The van der Waals surface area contributed by atoms with Crippen molar-refractivity contribution in [2.75, 3.05) is 70.5 Å². The number of hydrogen-bond acceptors (Lipinski definition) is 5. The molecule has 1 atom stereocenters. The number of benzene rings is 2. The van der Waals surface area contributed by atoms with Crippen LogP contribution in [0.4, 0.5) is 5.69 Å². The number of carbonyl (C=O) groups excluding carboxylic acids is 3. The van der Waals surface area contributed by atoms with Gasteiger partial charge in [0.2, 0.25) is 17.7 Å². The van der Waals surface area contributed by atoms with Gasteiger partial charge in [-0.1, -0.05) is 36.4 Å². The van der Waals surface area contributed by atoms with Gasteiger partial charge >= 0.3 is 0 Å². The van der Waals surface area contributed by atoms with Crippen LogP contribution in [-0.2, 0) is 19.1 Å². The summed E-state index contributed by atoms with van der Waals surface area (Å²) in [6, 6.07) is 14.0. The third kappa shape index (κ3) is 4.58. The molecular weight excluding hydrogens is 420 g/mol. The number of nitrogens with zero attached hydrogens (tertiary/aromatic N) is 4. The van der Waals surface area contributed by atoms with Crippen LogP contribution in [0.25, 0.3) is 10.8 Å². The Balaban J connectivity index is 1.17. The van der Waals surface area contributed by atoms with E-state index in [1.54, 1.807) is 4.90 Å². The van der Waals surface area contributed by atoms with Gasteiger partial charge in [-0.05, 0) is 11.5 Å². The van der Waals surface area contributed by atoms with E-state index in [1.807, 2.05) is 52.3 Å². The third-order valence-corrected chi connectivity index (χ3v) is 6.94. The Labute approximate surface area is 193 Å². The maximum atomic E-state index is 13.2. The average molecular weight is 451 g/mol. The van der Waals surface area contributed by atoms with E-state index in [4.69, 9.17) is 4.74 Å². The van der Waals surface area contributed by atoms with Gasteiger partial charge in [0.1, 0.15) is 0 Å². The van der Waals surface area contributed by atoms with Crippen molar-refractivity contribution in [1.82, 2.24) is 14.7 Å². The highest BCUT2D eigenvalue weighted by atomic mass is 16.5. The third-order valence-electron chi connectivity index (χ3n) is 6.94. The van der Waals surface area contributed by atoms with Crippen LogP contribution in [0, 0.1) is 5.92 Å². The smallest absolute Gasteiger partial charge is 0.236 e. The quantitative estimate of drug-likeness (QED) is 0.700. The number of morpholine rings is 1. The number of amides is 3. The predicted molar refractivity (Wildman–Crippen MR) is 125 cm³/mol. The fraction of sp³-hybridized carbons (Fsp3) is 0.480. The molecule has 0 radical (unpaired) electrons. The second-order valence-electron chi connectivity index (χ2n) is 9.00. The summed E-state index contributed by atoms with van der Waals surface area (Å²) in [4.78, 5) is 46.1. The van der Waals surface area contributed by atoms with Gasteiger partial charge in [-0.15, -0.1) is 0 Å². The Morgan fingerprint density at radius 1 is 0.879 bits per heavy atom. The normalized spacial score (nSPS) is 22.2. The zero-order valence-electron chi connectivity index (χ0n) is 18.8. The summed E-state index contributed by atoms with van der Waals surface area (Å²) in [5.74, 6) is -0.145. The lowest BCUT2D eigenvalue weighted by molar-refractivity contribution is -0.139. The number of ether oxygens (including phenoxy) is 1. The SMILES string of the molecule is O=C(CN1CCN(C(=O)[C@H]2CC(=O)N(c3cccc4ccccc34)C2)CC1)N1CCOCC1. The summed E-state index contributed by atoms with van der Waals surface area (Å²) < 4.78 is 5.31. The predicted octanol–water partition coefficient (Wildman–Crippen LogP) is 1.20. The minimum Gasteiger partial charge on any atom is -0.378 e. The van der Waals surface area contributed by atoms with Gasteiger partial charge in [0.25, 0.3) is 0 Å². The Morgan fingerprint density at radius 3 is 2.39 bits per heavy atom. The lowest BCUT2D eigenvalue weighted by Crippen LogP contribution is -2.53. The Kier molecular flexibility index (Phi) is 6.28. The highest BCUT2D eigenvalue weighted by Crippen LogP contribution is 2.32. The molecule has 2 aromatic rings. The molecule has 3 fully saturated rings. The van der Waals surface area contributed by atoms with Crippen LogP contribution < -0.4 is 4.90 Å². The number of carbonyl (C=O) groups is 3. The van der Waals surface area contributed by atoms with Crippen LogP contribution in [0.1, 0.15) is 6.42 Å². The van der Waals surface area contributed by atoms with Gasteiger partial charge in [-0.3, -0.25) is 19.3 Å². The number of anilines is 1. The molecule has 0 unspecified atom stereocenters. The molecular formula is C25H30N4O4. The molecule has 0 aromatic heterocycles. The molecule has 8 nitrogen and oxygen atoms in total. The molecule has 5 rings (SSSR count). The lowest BCUT2D eigenvalue weighted by Gasteiger charge is -2.36. The minimum absolute atomic E-state index is 0.000512. The first-order chi connectivity index (χ1) is 16.1. The molecule has 0 saturated carbocycles. The van der Waals surface area contributed by atoms with Crippen LogP contribution in [0.15, 0.2) is 42.5 Å². The van der Waals surface area contributed by atoms with Gasteiger partial charge in [0.15, 0.2) is 0 Å². The van der Waals surface area contributed by atoms with Crippen molar-refractivity contribution in [3.8, 4) is 0 Å². The first kappa shape index (κ1) is 21.9. The van der Waals surface area contributed by atoms with Gasteiger partial charge in [-0.25, -0.2) is 0 Å². The first-order valence-corrected chi connectivity index (χ1v) is 11.7. The maximum absolute atomic E-state index is 13.2. The second-order valence-corrected chi connectivity index (χ2v) is 9.00. The zero-order chi connectivity index (χ0) is 22.8. The van der Waals surface area contributed by atoms with E-state index >= 15 is 0 Å². The molecule has 3 saturated heterocycles. The van der Waals surface area contributed by atoms with Crippen molar-refractivity contribution in [3.63, 3.8) is 0 Å². The topological polar surface area (TPSA) is 73.4 Å². The molecule has 0 bridgehead atoms. The molecule has 2 aromatic carbocycles. The van der Waals surface area contributed by atoms with Crippen molar-refractivity contribution in [2.45, 2.75) is 6.42 Å². The van der Waals surface area contributed by atoms with Gasteiger partial charge < -0.3 is 19.4 Å². The first-order valence-electron chi connectivity index (χ1n) is 11.7. The molecule has 174 valence electrons. The van der Waals surface area contributed by atoms with Crippen molar-refractivity contribution in [2.24, 2.45) is 5.92 Å². The Bertz CT molecular complexity index is 1040. The largest absolute Gasteiger partial charge is 0.378 e. The second kappa shape index (κ2) is 9.49. The number of fused-ring (bicyclic) bond motifs is 1. The van der Waals surface area contributed by atoms with E-state index in [0.717, 1.165) is 16.5 Å². The summed E-state index contributed by atoms with van der Waals surface area (Å²) >= 11 is 0. The standard InChI is InChI=1S/C25H30N4O4/c30-23-16-20(17-29(23)22-7-3-5-19-4-1-2-6-21(19)22)25(32)28-10-8-26(9-11-28)18-24(31)27-12-14-33-15-13-27/h1-7,20H,8-18H2/t20-/m0/s1. The van der Waals surface area contributed by atoms with Crippen LogP contribution >= 0.6 is 0 Å². The maximum Gasteiger partial charge on any atom is 0.236 e. The van der Waals surface area contributed by atoms with E-state index in [2.05, 4.69) is 4.90 Å². The van der Waals surface area contributed by atoms with E-state index < -0.39 is 0 Å². The van der Waals surface area contributed by atoms with Crippen molar-refractivity contribution in [3.05, 3.63) is 42.5 Å². The molecule has 3 aliphatic heterocycles. The van der Waals surface area contributed by atoms with E-state index in [0.29, 0.717) is 65.6 Å². The van der Waals surface area contributed by atoms with E-state index in [9.17, 15) is 14.4 Å². The molecule has 0 aliphatic carbocycles. The van der Waals surface area contributed by atoms with Gasteiger partial charge in [0.05, 0.1) is 31.4 Å². The summed E-state index contributed by atoms with van der Waals surface area (Å²) in [6.07, 6.45) is 0.248. The number of hydrogen-bond donors (Lipinski definition) is 0. The van der Waals surface area contributed by atoms with Crippen molar-refractivity contribution < 1.29 is 19.1 Å². The number of piperazine rings is 1. The van der Waals surface area contributed by atoms with Crippen LogP contribution in [0.5, 0.6) is 0 Å². The van der Waals surface area contributed by atoms with Crippen molar-refractivity contribution in [1.29, 1.82) is 0 Å². The molecule has 0 spiro atoms. The Morgan fingerprint density at radius 2 is 1.61 bits per heavy atom. The summed E-state index contributed by atoms with van der Waals surface area (Å²) in [7, 11) is 0. The molecule has 0 N–H and O–H groups in total. The van der Waals surface area contributed by atoms with E-state index in [1.165, 1.54) is 0 Å². The lowest BCUT2D eigenvalue weighted by atomic mass is 10.1. The summed E-state index contributed by atoms with van der Waals surface area (Å²) in [5.41, 5.74) is 0.875. The minimum atomic E-state index is -0.321. The molecule has 3 aliphatic rings. The summed E-state index contributed by atoms with van der Waals surface area (Å²) in [6.45, 7) is 5.85. The van der Waals surface area contributed by atoms with Crippen molar-refractivity contribution >= 4 is 34.2 Å². The highest BCUT2D eigenvalue weighted by Gasteiger charge is 2.38. The van der Waals surface area contributed by atoms with E-state index in [-0.39, 0.29) is 30.1 Å². The molecule has 3 amide bonds. The monoisotopic (exact) mass is 450 g/mol. The van der Waals surface area contributed by atoms with Gasteiger partial charge in [-0.2, -0.15) is 0 Å². The molecule has 3 heterocycles. The highest BCUT2D eigenvalue weighted by molar-refractivity contribution is 6.07. The van der Waals surface area contributed by atoms with Crippen LogP contribution in [0.2, 0.25) is 0 Å². The van der Waals surface area contributed by atoms with Crippen LogP contribution in [0.3, 0.4) is 0 Å². The van der Waals surface area contributed by atoms with Gasteiger partial charge in [0, 0.05) is 57.6 Å². The fourth-order valence-corrected chi connectivity index (χ4v) is 5.04. The fourth-order valence-electron chi connectivity index (χ4n) is 5.04. The number of rotatable bonds is 4. The molecule has 8 heteroatoms. The Hall–Kier alpha value is -2.97. The zero-order valence-corrected chi connectivity index (χ0v) is 18.8. The molecule has 33 heavy (non-hydrogen) atoms. The summed E-state index contributed by atoms with van der Waals surface area (Å²) in [5, 5.41) is 2.11. The average Bonchev–Trinajstić information content (AvgIpc) is 3.25.